The molecule has 3 heterocycles. The van der Waals surface area contributed by atoms with E-state index in [-0.39, 0.29) is 12.1 Å². The van der Waals surface area contributed by atoms with Crippen LogP contribution < -0.4 is 10.2 Å². The largest absolute Gasteiger partial charge is 0.356 e. The van der Waals surface area contributed by atoms with Crippen LogP contribution in [0, 0.1) is 11.3 Å². The van der Waals surface area contributed by atoms with Crippen LogP contribution in [0.5, 0.6) is 0 Å². The van der Waals surface area contributed by atoms with Gasteiger partial charge in [0, 0.05) is 38.4 Å². The third-order valence-electron chi connectivity index (χ3n) is 4.42. The van der Waals surface area contributed by atoms with Gasteiger partial charge in [-0.3, -0.25) is 0 Å². The molecule has 0 aromatic carbocycles. The molecule has 6 nitrogen and oxygen atoms in total. The minimum Gasteiger partial charge on any atom is -0.356 e. The highest BCUT2D eigenvalue weighted by Gasteiger charge is 2.24. The summed E-state index contributed by atoms with van der Waals surface area (Å²) in [5.41, 5.74) is 0.580. The molecule has 2 amide bonds. The highest BCUT2D eigenvalue weighted by molar-refractivity contribution is 5.74. The smallest absolute Gasteiger partial charge is 0.317 e. The van der Waals surface area contributed by atoms with Gasteiger partial charge in [-0.1, -0.05) is 0 Å². The van der Waals surface area contributed by atoms with Crippen molar-refractivity contribution in [3.63, 3.8) is 0 Å². The number of urea groups is 1. The Kier molecular flexibility index (Phi) is 4.42. The molecule has 0 saturated carbocycles. The van der Waals surface area contributed by atoms with Crippen LogP contribution in [-0.2, 0) is 0 Å². The second-order valence-corrected chi connectivity index (χ2v) is 5.92. The van der Waals surface area contributed by atoms with Gasteiger partial charge in [0.05, 0.1) is 5.56 Å². The Morgan fingerprint density at radius 3 is 2.55 bits per heavy atom. The van der Waals surface area contributed by atoms with Crippen LogP contribution in [0.15, 0.2) is 18.3 Å². The fourth-order valence-electron chi connectivity index (χ4n) is 3.08. The lowest BCUT2D eigenvalue weighted by atomic mass is 10.1. The van der Waals surface area contributed by atoms with E-state index < -0.39 is 0 Å². The first-order valence-corrected chi connectivity index (χ1v) is 7.93. The van der Waals surface area contributed by atoms with E-state index in [9.17, 15) is 4.79 Å². The molecule has 3 rings (SSSR count). The van der Waals surface area contributed by atoms with Gasteiger partial charge < -0.3 is 15.1 Å². The van der Waals surface area contributed by atoms with Gasteiger partial charge in [0.25, 0.3) is 0 Å². The molecule has 0 aliphatic carbocycles. The molecule has 1 aromatic rings. The number of carbonyl (C=O) groups is 1. The summed E-state index contributed by atoms with van der Waals surface area (Å²) >= 11 is 0. The number of nitriles is 1. The zero-order valence-corrected chi connectivity index (χ0v) is 12.7. The Labute approximate surface area is 130 Å². The number of rotatable bonds is 2. The molecule has 2 saturated heterocycles. The first-order chi connectivity index (χ1) is 10.8. The first-order valence-electron chi connectivity index (χ1n) is 7.93. The number of carbonyl (C=O) groups excluding carboxylic acids is 1. The molecule has 2 aliphatic rings. The lowest BCUT2D eigenvalue weighted by Crippen LogP contribution is -2.48. The lowest BCUT2D eigenvalue weighted by molar-refractivity contribution is 0.202. The molecule has 0 bridgehead atoms. The quantitative estimate of drug-likeness (QED) is 0.902. The van der Waals surface area contributed by atoms with Crippen molar-refractivity contribution < 1.29 is 4.79 Å². The SMILES string of the molecule is N#Cc1ccc(N2CCC(NC(=O)N3CCCC3)CC2)nc1. The van der Waals surface area contributed by atoms with E-state index in [0.717, 1.165) is 57.7 Å². The van der Waals surface area contributed by atoms with E-state index in [1.54, 1.807) is 12.3 Å². The second kappa shape index (κ2) is 6.65. The van der Waals surface area contributed by atoms with Crippen molar-refractivity contribution in [1.82, 2.24) is 15.2 Å². The number of amides is 2. The fourth-order valence-corrected chi connectivity index (χ4v) is 3.08. The maximum atomic E-state index is 12.1. The molecule has 2 fully saturated rings. The molecule has 1 aromatic heterocycles. The molecule has 1 N–H and O–H groups in total. The van der Waals surface area contributed by atoms with E-state index in [0.29, 0.717) is 5.56 Å². The van der Waals surface area contributed by atoms with Crippen LogP contribution in [0.2, 0.25) is 0 Å². The Morgan fingerprint density at radius 2 is 1.95 bits per heavy atom. The van der Waals surface area contributed by atoms with Crippen LogP contribution in [0.3, 0.4) is 0 Å². The van der Waals surface area contributed by atoms with Crippen molar-refractivity contribution in [2.75, 3.05) is 31.1 Å². The van der Waals surface area contributed by atoms with Crippen LogP contribution in [-0.4, -0.2) is 48.1 Å². The zero-order chi connectivity index (χ0) is 15.4. The number of likely N-dealkylation sites (tertiary alicyclic amines) is 1. The molecule has 116 valence electrons. The Morgan fingerprint density at radius 1 is 1.23 bits per heavy atom. The third kappa shape index (κ3) is 3.30. The summed E-state index contributed by atoms with van der Waals surface area (Å²) in [6.07, 6.45) is 5.71. The lowest BCUT2D eigenvalue weighted by Gasteiger charge is -2.33. The third-order valence-corrected chi connectivity index (χ3v) is 4.42. The standard InChI is InChI=1S/C16H21N5O/c17-11-13-3-4-15(18-12-13)20-9-5-14(6-10-20)19-16(22)21-7-1-2-8-21/h3-4,12,14H,1-2,5-10H2,(H,19,22). The number of nitrogens with one attached hydrogen (secondary N) is 1. The van der Waals surface area contributed by atoms with Crippen LogP contribution >= 0.6 is 0 Å². The molecular weight excluding hydrogens is 278 g/mol. The average molecular weight is 299 g/mol. The minimum absolute atomic E-state index is 0.0902. The normalized spacial score (nSPS) is 19.0. The van der Waals surface area contributed by atoms with Gasteiger partial charge in [-0.2, -0.15) is 5.26 Å². The summed E-state index contributed by atoms with van der Waals surface area (Å²) in [5.74, 6) is 0.906. The van der Waals surface area contributed by atoms with Crippen molar-refractivity contribution in [3.8, 4) is 6.07 Å². The van der Waals surface area contributed by atoms with Crippen molar-refractivity contribution in [3.05, 3.63) is 23.9 Å². The second-order valence-electron chi connectivity index (χ2n) is 5.92. The van der Waals surface area contributed by atoms with E-state index in [4.69, 9.17) is 5.26 Å². The van der Waals surface area contributed by atoms with Gasteiger partial charge in [0.1, 0.15) is 11.9 Å². The summed E-state index contributed by atoms with van der Waals surface area (Å²) in [6, 6.07) is 6.11. The van der Waals surface area contributed by atoms with Crippen LogP contribution in [0.1, 0.15) is 31.2 Å². The number of hydrogen-bond donors (Lipinski definition) is 1. The van der Waals surface area contributed by atoms with Gasteiger partial charge in [-0.15, -0.1) is 0 Å². The molecular formula is C16H21N5O. The topological polar surface area (TPSA) is 72.3 Å². The first kappa shape index (κ1) is 14.6. The summed E-state index contributed by atoms with van der Waals surface area (Å²) < 4.78 is 0. The molecule has 2 aliphatic heterocycles. The maximum Gasteiger partial charge on any atom is 0.317 e. The number of nitrogens with zero attached hydrogens (tertiary/aromatic N) is 4. The highest BCUT2D eigenvalue weighted by Crippen LogP contribution is 2.18. The van der Waals surface area contributed by atoms with Crippen LogP contribution in [0.25, 0.3) is 0 Å². The Bertz CT molecular complexity index is 551. The summed E-state index contributed by atoms with van der Waals surface area (Å²) in [4.78, 5) is 20.5. The van der Waals surface area contributed by atoms with Crippen LogP contribution in [0.4, 0.5) is 10.6 Å². The van der Waals surface area contributed by atoms with E-state index in [1.165, 1.54) is 0 Å². The number of pyridine rings is 1. The molecule has 22 heavy (non-hydrogen) atoms. The number of hydrogen-bond acceptors (Lipinski definition) is 4. The monoisotopic (exact) mass is 299 g/mol. The van der Waals surface area contributed by atoms with Gasteiger partial charge in [-0.25, -0.2) is 9.78 Å². The van der Waals surface area contributed by atoms with E-state index in [2.05, 4.69) is 21.3 Å². The average Bonchev–Trinajstić information content (AvgIpc) is 3.10. The molecule has 0 spiro atoms. The van der Waals surface area contributed by atoms with Crippen molar-refractivity contribution >= 4 is 11.8 Å². The van der Waals surface area contributed by atoms with Crippen molar-refractivity contribution in [2.45, 2.75) is 31.7 Å². The molecule has 0 unspecified atom stereocenters. The van der Waals surface area contributed by atoms with Crippen molar-refractivity contribution in [2.24, 2.45) is 0 Å². The van der Waals surface area contributed by atoms with Crippen molar-refractivity contribution in [1.29, 1.82) is 5.26 Å². The number of aromatic nitrogens is 1. The summed E-state index contributed by atoms with van der Waals surface area (Å²) in [6.45, 7) is 3.54. The molecule has 6 heteroatoms. The van der Waals surface area contributed by atoms with Gasteiger partial charge in [0.2, 0.25) is 0 Å². The van der Waals surface area contributed by atoms with E-state index in [1.807, 2.05) is 11.0 Å². The fraction of sp³-hybridized carbons (Fsp3) is 0.562. The predicted octanol–water partition coefficient (Wildman–Crippen LogP) is 1.73. The molecule has 0 atom stereocenters. The minimum atomic E-state index is 0.0902. The van der Waals surface area contributed by atoms with Gasteiger partial charge in [0.15, 0.2) is 0 Å². The highest BCUT2D eigenvalue weighted by atomic mass is 16.2. The van der Waals surface area contributed by atoms with Gasteiger partial charge >= 0.3 is 6.03 Å². The predicted molar refractivity (Wildman–Crippen MR) is 83.5 cm³/mol. The summed E-state index contributed by atoms with van der Waals surface area (Å²) in [7, 11) is 0. The van der Waals surface area contributed by atoms with E-state index >= 15 is 0 Å². The number of anilines is 1. The maximum absolute atomic E-state index is 12.1. The number of piperidine rings is 1. The summed E-state index contributed by atoms with van der Waals surface area (Å²) in [5, 5.41) is 11.9. The van der Waals surface area contributed by atoms with Gasteiger partial charge in [-0.05, 0) is 37.8 Å². The Balaban J connectivity index is 1.49. The Hall–Kier alpha value is -2.29. The molecule has 0 radical (unpaired) electrons. The zero-order valence-electron chi connectivity index (χ0n) is 12.7.